The normalized spacial score (nSPS) is 34.1. The van der Waals surface area contributed by atoms with E-state index in [0.29, 0.717) is 17.4 Å². The topological polar surface area (TPSA) is 20.2 Å². The largest absolute Gasteiger partial charge is 0.396 e. The second-order valence-electron chi connectivity index (χ2n) is 9.40. The van der Waals surface area contributed by atoms with Crippen LogP contribution < -0.4 is 0 Å². The van der Waals surface area contributed by atoms with Crippen LogP contribution in [0.4, 0.5) is 0 Å². The van der Waals surface area contributed by atoms with Crippen molar-refractivity contribution in [3.8, 4) is 0 Å². The van der Waals surface area contributed by atoms with Crippen molar-refractivity contribution in [2.24, 2.45) is 34.5 Å². The fraction of sp³-hybridized carbons (Fsp3) is 0.913. The first-order valence-corrected chi connectivity index (χ1v) is 10.9. The maximum absolute atomic E-state index is 9.75. The van der Waals surface area contributed by atoms with Crippen LogP contribution in [0.15, 0.2) is 12.2 Å². The Bertz CT molecular complexity index is 425. The van der Waals surface area contributed by atoms with E-state index in [-0.39, 0.29) is 0 Å². The minimum atomic E-state index is 0.385. The summed E-state index contributed by atoms with van der Waals surface area (Å²) in [5.41, 5.74) is 1.02. The average molecular weight is 333 g/mol. The lowest BCUT2D eigenvalue weighted by Gasteiger charge is -2.30. The van der Waals surface area contributed by atoms with Gasteiger partial charge in [0.1, 0.15) is 0 Å². The lowest BCUT2D eigenvalue weighted by molar-refractivity contribution is 0.188. The van der Waals surface area contributed by atoms with Crippen molar-refractivity contribution in [1.29, 1.82) is 0 Å². The van der Waals surface area contributed by atoms with E-state index in [0.717, 1.165) is 30.1 Å². The Morgan fingerprint density at radius 3 is 2.33 bits per heavy atom. The van der Waals surface area contributed by atoms with Gasteiger partial charge in [-0.3, -0.25) is 0 Å². The van der Waals surface area contributed by atoms with Crippen molar-refractivity contribution in [2.75, 3.05) is 6.61 Å². The predicted molar refractivity (Wildman–Crippen MR) is 103 cm³/mol. The van der Waals surface area contributed by atoms with Crippen LogP contribution in [0.5, 0.6) is 0 Å². The molecule has 0 aromatic carbocycles. The molecule has 1 nitrogen and oxygen atoms in total. The summed E-state index contributed by atoms with van der Waals surface area (Å²) in [6.07, 6.45) is 19.8. The zero-order chi connectivity index (χ0) is 17.2. The lowest BCUT2D eigenvalue weighted by Crippen LogP contribution is -2.22. The molecule has 138 valence electrons. The van der Waals surface area contributed by atoms with Crippen LogP contribution in [0, 0.1) is 34.5 Å². The molecule has 0 radical (unpaired) electrons. The van der Waals surface area contributed by atoms with Gasteiger partial charge in [0.15, 0.2) is 0 Å². The number of hydrogen-bond acceptors (Lipinski definition) is 1. The van der Waals surface area contributed by atoms with E-state index in [9.17, 15) is 5.11 Å². The first-order valence-electron chi connectivity index (χ1n) is 10.9. The van der Waals surface area contributed by atoms with Gasteiger partial charge in [0, 0.05) is 6.61 Å². The van der Waals surface area contributed by atoms with E-state index in [2.05, 4.69) is 32.9 Å². The van der Waals surface area contributed by atoms with E-state index in [1.165, 1.54) is 64.2 Å². The second-order valence-corrected chi connectivity index (χ2v) is 9.40. The summed E-state index contributed by atoms with van der Waals surface area (Å²) in [5, 5.41) is 9.75. The number of aliphatic hydroxyl groups is 1. The zero-order valence-corrected chi connectivity index (χ0v) is 16.4. The van der Waals surface area contributed by atoms with Gasteiger partial charge < -0.3 is 5.11 Å². The summed E-state index contributed by atoms with van der Waals surface area (Å²) in [5.74, 6) is 3.58. The molecule has 1 heteroatoms. The quantitative estimate of drug-likeness (QED) is 0.487. The highest BCUT2D eigenvalue weighted by atomic mass is 16.3. The molecule has 3 rings (SSSR count). The van der Waals surface area contributed by atoms with Crippen LogP contribution in [0.25, 0.3) is 0 Å². The van der Waals surface area contributed by atoms with Crippen LogP contribution in [0.1, 0.15) is 91.4 Å². The van der Waals surface area contributed by atoms with Gasteiger partial charge in [0.05, 0.1) is 0 Å². The Labute approximate surface area is 150 Å². The average Bonchev–Trinajstić information content (AvgIpc) is 3.07. The molecule has 3 aliphatic rings. The third-order valence-corrected chi connectivity index (χ3v) is 8.42. The Morgan fingerprint density at radius 2 is 1.79 bits per heavy atom. The molecule has 0 amide bonds. The van der Waals surface area contributed by atoms with Crippen molar-refractivity contribution in [2.45, 2.75) is 91.4 Å². The molecule has 1 N–H and O–H groups in total. The van der Waals surface area contributed by atoms with Crippen molar-refractivity contribution < 1.29 is 5.11 Å². The summed E-state index contributed by atoms with van der Waals surface area (Å²) < 4.78 is 0. The fourth-order valence-electron chi connectivity index (χ4n) is 7.16. The molecule has 4 atom stereocenters. The molecule has 2 saturated carbocycles. The van der Waals surface area contributed by atoms with E-state index in [4.69, 9.17) is 0 Å². The van der Waals surface area contributed by atoms with Gasteiger partial charge in [-0.25, -0.2) is 0 Å². The molecule has 0 bridgehead atoms. The molecule has 0 aliphatic heterocycles. The predicted octanol–water partition coefficient (Wildman–Crippen LogP) is 6.36. The molecule has 0 heterocycles. The van der Waals surface area contributed by atoms with E-state index < -0.39 is 0 Å². The standard InChI is InChI=1S/C23H40O/c1-4-10-18(5-2)17-20(19-11-6-7-12-19)21-22(3,15-16-24)23(21)13-8-9-14-23/h6-7,18-21,24H,4-5,8-17H2,1-3H3. The van der Waals surface area contributed by atoms with E-state index >= 15 is 0 Å². The summed E-state index contributed by atoms with van der Waals surface area (Å²) in [6, 6.07) is 0. The van der Waals surface area contributed by atoms with Gasteiger partial charge in [0.2, 0.25) is 0 Å². The molecule has 1 spiro atoms. The minimum Gasteiger partial charge on any atom is -0.396 e. The molecular weight excluding hydrogens is 292 g/mol. The maximum atomic E-state index is 9.75. The van der Waals surface area contributed by atoms with E-state index in [1.54, 1.807) is 0 Å². The van der Waals surface area contributed by atoms with Gasteiger partial charge in [-0.1, -0.05) is 65.0 Å². The molecule has 0 aromatic heterocycles. The van der Waals surface area contributed by atoms with Crippen LogP contribution in [0.2, 0.25) is 0 Å². The first kappa shape index (κ1) is 18.5. The Balaban J connectivity index is 1.81. The van der Waals surface area contributed by atoms with Crippen molar-refractivity contribution in [3.05, 3.63) is 12.2 Å². The Hall–Kier alpha value is -0.300. The molecular formula is C23H40O. The summed E-state index contributed by atoms with van der Waals surface area (Å²) >= 11 is 0. The number of aliphatic hydroxyl groups excluding tert-OH is 1. The lowest BCUT2D eigenvalue weighted by atomic mass is 9.75. The molecule has 24 heavy (non-hydrogen) atoms. The summed E-state index contributed by atoms with van der Waals surface area (Å²) in [4.78, 5) is 0. The van der Waals surface area contributed by atoms with Gasteiger partial charge in [-0.2, -0.15) is 0 Å². The number of rotatable bonds is 9. The summed E-state index contributed by atoms with van der Waals surface area (Å²) in [7, 11) is 0. The Morgan fingerprint density at radius 1 is 1.12 bits per heavy atom. The highest BCUT2D eigenvalue weighted by Crippen LogP contribution is 2.80. The first-order chi connectivity index (χ1) is 11.6. The van der Waals surface area contributed by atoms with Crippen LogP contribution in [-0.2, 0) is 0 Å². The second kappa shape index (κ2) is 7.52. The van der Waals surface area contributed by atoms with Crippen LogP contribution in [0.3, 0.4) is 0 Å². The van der Waals surface area contributed by atoms with Crippen molar-refractivity contribution in [1.82, 2.24) is 0 Å². The third kappa shape index (κ3) is 3.00. The fourth-order valence-corrected chi connectivity index (χ4v) is 7.16. The molecule has 0 aromatic rings. The Kier molecular flexibility index (Phi) is 5.79. The number of hydrogen-bond donors (Lipinski definition) is 1. The van der Waals surface area contributed by atoms with Crippen molar-refractivity contribution in [3.63, 3.8) is 0 Å². The third-order valence-electron chi connectivity index (χ3n) is 8.42. The maximum Gasteiger partial charge on any atom is 0.0436 e. The highest BCUT2D eigenvalue weighted by molar-refractivity contribution is 5.23. The van der Waals surface area contributed by atoms with Crippen LogP contribution >= 0.6 is 0 Å². The monoisotopic (exact) mass is 332 g/mol. The zero-order valence-electron chi connectivity index (χ0n) is 16.4. The SMILES string of the molecule is CCCC(CC)CC(C1CC=CC1)C1C(C)(CCO)C12CCCC2. The van der Waals surface area contributed by atoms with Crippen LogP contribution in [-0.4, -0.2) is 11.7 Å². The number of allylic oxidation sites excluding steroid dienone is 2. The van der Waals surface area contributed by atoms with E-state index in [1.807, 2.05) is 0 Å². The highest BCUT2D eigenvalue weighted by Gasteiger charge is 2.74. The molecule has 2 fully saturated rings. The molecule has 3 aliphatic carbocycles. The molecule has 4 unspecified atom stereocenters. The van der Waals surface area contributed by atoms with Gasteiger partial charge in [-0.15, -0.1) is 0 Å². The van der Waals surface area contributed by atoms with Gasteiger partial charge in [0.25, 0.3) is 0 Å². The van der Waals surface area contributed by atoms with Gasteiger partial charge >= 0.3 is 0 Å². The smallest absolute Gasteiger partial charge is 0.0436 e. The van der Waals surface area contributed by atoms with Crippen molar-refractivity contribution >= 4 is 0 Å². The van der Waals surface area contributed by atoms with Gasteiger partial charge in [-0.05, 0) is 73.0 Å². The minimum absolute atomic E-state index is 0.385. The molecule has 0 saturated heterocycles. The summed E-state index contributed by atoms with van der Waals surface area (Å²) in [6.45, 7) is 7.67.